The van der Waals surface area contributed by atoms with Gasteiger partial charge < -0.3 is 10.5 Å². The van der Waals surface area contributed by atoms with Crippen LogP contribution in [0, 0.1) is 0 Å². The van der Waals surface area contributed by atoms with E-state index in [0.29, 0.717) is 34.7 Å². The summed E-state index contributed by atoms with van der Waals surface area (Å²) in [6.07, 6.45) is 8.54. The van der Waals surface area contributed by atoms with E-state index in [-0.39, 0.29) is 5.91 Å². The van der Waals surface area contributed by atoms with Crippen LogP contribution in [0.25, 0.3) is 28.0 Å². The molecule has 0 saturated carbocycles. The summed E-state index contributed by atoms with van der Waals surface area (Å²) < 4.78 is 7.59. The van der Waals surface area contributed by atoms with Gasteiger partial charge in [0, 0.05) is 24.4 Å². The highest BCUT2D eigenvalue weighted by Crippen LogP contribution is 2.34. The van der Waals surface area contributed by atoms with Gasteiger partial charge in [-0.3, -0.25) is 9.69 Å². The number of hydrogen-bond acceptors (Lipinski definition) is 6. The van der Waals surface area contributed by atoms with E-state index < -0.39 is 0 Å². The van der Waals surface area contributed by atoms with Gasteiger partial charge in [0.05, 0.1) is 11.1 Å². The highest BCUT2D eigenvalue weighted by atomic mass is 16.5. The smallest absolute Gasteiger partial charge is 0.254 e. The second kappa shape index (κ2) is 8.43. The lowest BCUT2D eigenvalue weighted by atomic mass is 10.1. The lowest BCUT2D eigenvalue weighted by Crippen LogP contribution is -2.21. The number of carbonyl (C=O) groups is 1. The van der Waals surface area contributed by atoms with Gasteiger partial charge in [0.1, 0.15) is 29.3 Å². The van der Waals surface area contributed by atoms with Crippen molar-refractivity contribution in [1.82, 2.24) is 24.6 Å². The van der Waals surface area contributed by atoms with Gasteiger partial charge in [0.2, 0.25) is 0 Å². The fourth-order valence-electron chi connectivity index (χ4n) is 3.61. The van der Waals surface area contributed by atoms with Gasteiger partial charge in [-0.2, -0.15) is 5.10 Å². The second-order valence-corrected chi connectivity index (χ2v) is 7.32. The Balaban J connectivity index is 1.55. The molecule has 1 aliphatic heterocycles. The quantitative estimate of drug-likeness (QED) is 0.459. The Kier molecular flexibility index (Phi) is 5.16. The summed E-state index contributed by atoms with van der Waals surface area (Å²) in [5, 5.41) is 5.45. The van der Waals surface area contributed by atoms with Gasteiger partial charge >= 0.3 is 0 Å². The molecule has 0 saturated heterocycles. The first kappa shape index (κ1) is 20.2. The summed E-state index contributed by atoms with van der Waals surface area (Å²) in [5.74, 6) is 1.56. The fourth-order valence-corrected chi connectivity index (χ4v) is 3.61. The second-order valence-electron chi connectivity index (χ2n) is 7.32. The van der Waals surface area contributed by atoms with Gasteiger partial charge in [0.15, 0.2) is 5.65 Å². The van der Waals surface area contributed by atoms with Crippen LogP contribution in [-0.4, -0.2) is 30.6 Å². The molecule has 2 aromatic heterocycles. The zero-order chi connectivity index (χ0) is 22.8. The number of fused-ring (bicyclic) bond motifs is 1. The van der Waals surface area contributed by atoms with Crippen molar-refractivity contribution in [2.24, 2.45) is 0 Å². The number of ether oxygens (including phenoxy) is 1. The molecule has 3 heterocycles. The summed E-state index contributed by atoms with van der Waals surface area (Å²) in [6, 6.07) is 17.2. The van der Waals surface area contributed by atoms with Gasteiger partial charge in [-0.25, -0.2) is 14.6 Å². The molecule has 8 nitrogen and oxygen atoms in total. The van der Waals surface area contributed by atoms with Crippen LogP contribution >= 0.6 is 0 Å². The number of allylic oxidation sites excluding steroid dienone is 2. The minimum absolute atomic E-state index is 0.233. The van der Waals surface area contributed by atoms with Crippen molar-refractivity contribution in [2.75, 3.05) is 5.73 Å². The van der Waals surface area contributed by atoms with E-state index in [1.54, 1.807) is 17.1 Å². The zero-order valence-electron chi connectivity index (χ0n) is 17.6. The van der Waals surface area contributed by atoms with Gasteiger partial charge in [-0.15, -0.1) is 0 Å². The van der Waals surface area contributed by atoms with Crippen molar-refractivity contribution in [3.8, 4) is 22.8 Å². The number of carbonyl (C=O) groups excluding carboxylic acids is 1. The van der Waals surface area contributed by atoms with Crippen molar-refractivity contribution >= 4 is 28.5 Å². The number of hydrogen-bond donors (Lipinski definition) is 1. The standard InChI is InChI=1S/C25H20N6O2/c1-2-21(32)30-14-6-7-18(15-30)31-25-22(24(26)27-16-28-25)23(29-31)17-10-12-20(13-11-17)33-19-8-4-3-5-9-19/h2-6,8-16H,1,7H2,(H2,26,27,28). The van der Waals surface area contributed by atoms with E-state index >= 15 is 0 Å². The Morgan fingerprint density at radius 2 is 1.82 bits per heavy atom. The van der Waals surface area contributed by atoms with Crippen molar-refractivity contribution in [3.63, 3.8) is 0 Å². The minimum atomic E-state index is -0.233. The van der Waals surface area contributed by atoms with Gasteiger partial charge in [-0.05, 0) is 42.5 Å². The zero-order valence-corrected chi connectivity index (χ0v) is 17.6. The summed E-state index contributed by atoms with van der Waals surface area (Å²) >= 11 is 0. The Bertz CT molecular complexity index is 1400. The molecule has 2 aromatic carbocycles. The van der Waals surface area contributed by atoms with Crippen LogP contribution in [0.2, 0.25) is 0 Å². The fraction of sp³-hybridized carbons (Fsp3) is 0.0400. The predicted molar refractivity (Wildman–Crippen MR) is 127 cm³/mol. The normalized spacial score (nSPS) is 13.1. The maximum atomic E-state index is 12.1. The van der Waals surface area contributed by atoms with Crippen LogP contribution in [0.4, 0.5) is 5.82 Å². The van der Waals surface area contributed by atoms with Crippen LogP contribution in [0.5, 0.6) is 11.5 Å². The van der Waals surface area contributed by atoms with Crippen molar-refractivity contribution < 1.29 is 9.53 Å². The Hall–Kier alpha value is -4.72. The van der Waals surface area contributed by atoms with E-state index in [2.05, 4.69) is 16.5 Å². The summed E-state index contributed by atoms with van der Waals surface area (Å²) in [6.45, 7) is 3.55. The van der Waals surface area contributed by atoms with E-state index in [0.717, 1.165) is 17.0 Å². The number of amides is 1. The number of benzene rings is 2. The summed E-state index contributed by atoms with van der Waals surface area (Å²) in [7, 11) is 0. The lowest BCUT2D eigenvalue weighted by Gasteiger charge is -2.18. The molecular formula is C25H20N6O2. The molecule has 0 atom stereocenters. The van der Waals surface area contributed by atoms with E-state index in [9.17, 15) is 4.79 Å². The lowest BCUT2D eigenvalue weighted by molar-refractivity contribution is -0.121. The largest absolute Gasteiger partial charge is 0.457 e. The third-order valence-corrected chi connectivity index (χ3v) is 5.18. The third kappa shape index (κ3) is 3.85. The average molecular weight is 436 g/mol. The van der Waals surface area contributed by atoms with Crippen LogP contribution in [-0.2, 0) is 4.79 Å². The predicted octanol–water partition coefficient (Wildman–Crippen LogP) is 4.60. The van der Waals surface area contributed by atoms with Crippen molar-refractivity contribution in [2.45, 2.75) is 6.42 Å². The number of nitrogens with two attached hydrogens (primary N) is 1. The van der Waals surface area contributed by atoms with Crippen molar-refractivity contribution in [3.05, 3.63) is 92.1 Å². The van der Waals surface area contributed by atoms with Crippen LogP contribution in [0.15, 0.2) is 92.1 Å². The topological polar surface area (TPSA) is 99.2 Å². The van der Waals surface area contributed by atoms with E-state index in [1.807, 2.05) is 60.7 Å². The monoisotopic (exact) mass is 436 g/mol. The molecule has 0 bridgehead atoms. The summed E-state index contributed by atoms with van der Waals surface area (Å²) in [4.78, 5) is 22.1. The van der Waals surface area contributed by atoms with Gasteiger partial charge in [-0.1, -0.05) is 30.9 Å². The first-order chi connectivity index (χ1) is 16.1. The molecule has 0 radical (unpaired) electrons. The molecule has 162 valence electrons. The number of nitrogens with zero attached hydrogens (tertiary/aromatic N) is 5. The molecular weight excluding hydrogens is 416 g/mol. The number of nitrogen functional groups attached to an aromatic ring is 1. The van der Waals surface area contributed by atoms with E-state index in [1.165, 1.54) is 17.3 Å². The van der Waals surface area contributed by atoms with E-state index in [4.69, 9.17) is 15.6 Å². The maximum absolute atomic E-state index is 12.1. The SMILES string of the molecule is C=CC(=O)N1C=CCC(n2nc(-c3ccc(Oc4ccccc4)cc3)c3c(N)ncnc32)=C1. The molecule has 8 heteroatoms. The molecule has 4 aromatic rings. The number of para-hydroxylation sites is 1. The highest BCUT2D eigenvalue weighted by molar-refractivity contribution is 5.99. The minimum Gasteiger partial charge on any atom is -0.457 e. The highest BCUT2D eigenvalue weighted by Gasteiger charge is 2.21. The molecule has 33 heavy (non-hydrogen) atoms. The Morgan fingerprint density at radius 3 is 2.58 bits per heavy atom. The number of aromatic nitrogens is 4. The number of anilines is 1. The molecule has 1 aliphatic rings. The van der Waals surface area contributed by atoms with Crippen molar-refractivity contribution in [1.29, 1.82) is 0 Å². The molecule has 0 fully saturated rings. The molecule has 0 aliphatic carbocycles. The first-order valence-electron chi connectivity index (χ1n) is 10.3. The van der Waals surface area contributed by atoms with Gasteiger partial charge in [0.25, 0.3) is 5.91 Å². The molecule has 2 N–H and O–H groups in total. The molecule has 1 amide bonds. The number of rotatable bonds is 5. The average Bonchev–Trinajstić information content (AvgIpc) is 3.26. The third-order valence-electron chi connectivity index (χ3n) is 5.18. The Labute approximate surface area is 189 Å². The van der Waals surface area contributed by atoms with Crippen LogP contribution in [0.3, 0.4) is 0 Å². The summed E-state index contributed by atoms with van der Waals surface area (Å²) in [5.41, 5.74) is 9.04. The molecule has 5 rings (SSSR count). The van der Waals surface area contributed by atoms with Crippen LogP contribution in [0.1, 0.15) is 6.42 Å². The molecule has 0 spiro atoms. The first-order valence-corrected chi connectivity index (χ1v) is 10.3. The van der Waals surface area contributed by atoms with Crippen LogP contribution < -0.4 is 10.5 Å². The Morgan fingerprint density at radius 1 is 1.06 bits per heavy atom. The molecule has 0 unspecified atom stereocenters. The maximum Gasteiger partial charge on any atom is 0.254 e.